The fourth-order valence-electron chi connectivity index (χ4n) is 4.84. The quantitative estimate of drug-likeness (QED) is 0.245. The van der Waals surface area contributed by atoms with E-state index < -0.39 is 0 Å². The highest BCUT2D eigenvalue weighted by Gasteiger charge is 2.17. The predicted octanol–water partition coefficient (Wildman–Crippen LogP) is 12.9. The molecular formula is C43H77BN2. The summed E-state index contributed by atoms with van der Waals surface area (Å²) in [5, 5.41) is 6.45. The Labute approximate surface area is 291 Å². The zero-order valence-electron chi connectivity index (χ0n) is 33.4. The Morgan fingerprint density at radius 3 is 1.91 bits per heavy atom. The SMILES string of the molecule is CC.CC.CC.CC.CC.CCC.CCCC1CCNC1.[B]C1=C(c2ccc(C)cc2)c2ccc(/C(C=C)=C/NC)cc2CCC1. The number of hydrogen-bond donors (Lipinski definition) is 2. The molecule has 0 aromatic heterocycles. The smallest absolute Gasteiger partial charge is 0.108 e. The normalized spacial score (nSPS) is 14.1. The number of aryl methyl sites for hydroxylation is 2. The third-order valence-electron chi connectivity index (χ3n) is 6.64. The van der Waals surface area contributed by atoms with Gasteiger partial charge in [0.2, 0.25) is 0 Å². The van der Waals surface area contributed by atoms with E-state index in [0.717, 1.165) is 36.2 Å². The number of fused-ring (bicyclic) bond motifs is 1. The van der Waals surface area contributed by atoms with Gasteiger partial charge in [0, 0.05) is 13.2 Å². The summed E-state index contributed by atoms with van der Waals surface area (Å²) in [4.78, 5) is 0. The second-order valence-electron chi connectivity index (χ2n) is 9.94. The van der Waals surface area contributed by atoms with Gasteiger partial charge in [-0.3, -0.25) is 0 Å². The molecule has 46 heavy (non-hydrogen) atoms. The molecular weight excluding hydrogens is 555 g/mol. The molecule has 1 aliphatic heterocycles. The molecule has 2 aliphatic rings. The molecule has 1 aliphatic carbocycles. The van der Waals surface area contributed by atoms with Crippen molar-refractivity contribution in [3.63, 3.8) is 0 Å². The van der Waals surface area contributed by atoms with Crippen molar-refractivity contribution in [1.82, 2.24) is 10.6 Å². The van der Waals surface area contributed by atoms with Crippen molar-refractivity contribution in [2.45, 2.75) is 142 Å². The highest BCUT2D eigenvalue weighted by Crippen LogP contribution is 2.35. The average Bonchev–Trinajstić information content (AvgIpc) is 3.58. The third kappa shape index (κ3) is 20.6. The van der Waals surface area contributed by atoms with Crippen LogP contribution in [-0.4, -0.2) is 28.0 Å². The van der Waals surface area contributed by atoms with Gasteiger partial charge in [0.25, 0.3) is 0 Å². The zero-order valence-corrected chi connectivity index (χ0v) is 33.4. The number of benzene rings is 2. The summed E-state index contributed by atoms with van der Waals surface area (Å²) < 4.78 is 0. The Morgan fingerprint density at radius 1 is 0.891 bits per heavy atom. The number of rotatable bonds is 6. The standard InChI is InChI=1S/C23H24BN.C7H15N.C3H8.5C2H6/c1-4-17(15-25-3)19-12-13-21-20(14-19)6-5-7-22(24)23(21)18-10-8-16(2)9-11-18;1-2-3-7-4-5-8-6-7;1-3-2;5*1-2/h4,8-15,25H,1,5-7H2,2-3H3;7-8H,2-6H2,1H3;3H2,1-2H3;5*1-2H3/b17-15+;;;;;;;. The first-order valence-corrected chi connectivity index (χ1v) is 18.9. The summed E-state index contributed by atoms with van der Waals surface area (Å²) in [5.74, 6) is 1.000. The van der Waals surface area contributed by atoms with Crippen LogP contribution in [0.15, 0.2) is 66.8 Å². The van der Waals surface area contributed by atoms with Gasteiger partial charge in [-0.2, -0.15) is 0 Å². The van der Waals surface area contributed by atoms with Crippen molar-refractivity contribution in [2.24, 2.45) is 5.92 Å². The van der Waals surface area contributed by atoms with Gasteiger partial charge in [0.05, 0.1) is 0 Å². The minimum atomic E-state index is 0.938. The zero-order chi connectivity index (χ0) is 36.3. The monoisotopic (exact) mass is 633 g/mol. The Hall–Kier alpha value is -2.52. The molecule has 0 spiro atoms. The lowest BCUT2D eigenvalue weighted by molar-refractivity contribution is 0.525. The molecule has 3 heteroatoms. The van der Waals surface area contributed by atoms with E-state index in [2.05, 4.69) is 87.4 Å². The summed E-state index contributed by atoms with van der Waals surface area (Å²) in [6.45, 7) is 35.1. The van der Waals surface area contributed by atoms with Gasteiger partial charge in [-0.15, -0.1) is 5.47 Å². The molecule has 4 rings (SSSR count). The topological polar surface area (TPSA) is 24.1 Å². The summed E-state index contributed by atoms with van der Waals surface area (Å²) >= 11 is 0. The van der Waals surface area contributed by atoms with Crippen LogP contribution < -0.4 is 10.6 Å². The molecule has 2 N–H and O–H groups in total. The maximum Gasteiger partial charge on any atom is 0.108 e. The van der Waals surface area contributed by atoms with Crippen LogP contribution in [0.5, 0.6) is 0 Å². The summed E-state index contributed by atoms with van der Waals surface area (Å²) in [7, 11) is 8.39. The van der Waals surface area contributed by atoms with Gasteiger partial charge >= 0.3 is 0 Å². The second kappa shape index (κ2) is 36.9. The first-order valence-electron chi connectivity index (χ1n) is 18.9. The van der Waals surface area contributed by atoms with Crippen LogP contribution in [0.25, 0.3) is 11.1 Å². The van der Waals surface area contributed by atoms with E-state index in [-0.39, 0.29) is 0 Å². The lowest BCUT2D eigenvalue weighted by Gasteiger charge is -2.16. The molecule has 0 amide bonds. The van der Waals surface area contributed by atoms with E-state index in [1.54, 1.807) is 0 Å². The van der Waals surface area contributed by atoms with Crippen molar-refractivity contribution >= 4 is 19.0 Å². The minimum Gasteiger partial charge on any atom is -0.393 e. The maximum atomic E-state index is 6.48. The van der Waals surface area contributed by atoms with E-state index >= 15 is 0 Å². The first kappa shape index (κ1) is 50.3. The number of allylic oxidation sites excluding steroid dienone is 3. The molecule has 1 heterocycles. The Morgan fingerprint density at radius 2 is 1.46 bits per heavy atom. The van der Waals surface area contributed by atoms with E-state index in [9.17, 15) is 0 Å². The van der Waals surface area contributed by atoms with Crippen LogP contribution in [0.4, 0.5) is 0 Å². The summed E-state index contributed by atoms with van der Waals surface area (Å²) in [6, 6.07) is 15.3. The lowest BCUT2D eigenvalue weighted by Crippen LogP contribution is -2.08. The van der Waals surface area contributed by atoms with Crippen molar-refractivity contribution < 1.29 is 0 Å². The minimum absolute atomic E-state index is 0.938. The molecule has 1 saturated heterocycles. The largest absolute Gasteiger partial charge is 0.393 e. The third-order valence-corrected chi connectivity index (χ3v) is 6.64. The maximum absolute atomic E-state index is 6.48. The van der Waals surface area contributed by atoms with Gasteiger partial charge < -0.3 is 10.6 Å². The molecule has 1 fully saturated rings. The summed E-state index contributed by atoms with van der Waals surface area (Å²) in [5.41, 5.74) is 9.55. The Kier molecular flexibility index (Phi) is 40.4. The molecule has 2 radical (unpaired) electrons. The highest BCUT2D eigenvalue weighted by atomic mass is 14.9. The van der Waals surface area contributed by atoms with E-state index in [1.807, 2.05) is 88.6 Å². The number of nitrogens with one attached hydrogen (secondary N) is 2. The van der Waals surface area contributed by atoms with Gasteiger partial charge in [-0.05, 0) is 91.4 Å². The lowest BCUT2D eigenvalue weighted by atomic mass is 9.81. The van der Waals surface area contributed by atoms with Crippen LogP contribution in [0.1, 0.15) is 156 Å². The number of hydrogen-bond acceptors (Lipinski definition) is 2. The van der Waals surface area contributed by atoms with Gasteiger partial charge in [0.15, 0.2) is 0 Å². The molecule has 0 saturated carbocycles. The van der Waals surface area contributed by atoms with Crippen molar-refractivity contribution in [3.8, 4) is 0 Å². The molecule has 2 nitrogen and oxygen atoms in total. The van der Waals surface area contributed by atoms with Crippen LogP contribution in [0.2, 0.25) is 0 Å². The van der Waals surface area contributed by atoms with E-state index in [0.29, 0.717) is 0 Å². The highest BCUT2D eigenvalue weighted by molar-refractivity contribution is 6.26. The van der Waals surface area contributed by atoms with Crippen LogP contribution in [0, 0.1) is 12.8 Å². The molecule has 1 atom stereocenters. The Balaban J connectivity index is -0.000000348. The molecule has 262 valence electrons. The van der Waals surface area contributed by atoms with E-state index in [1.165, 1.54) is 72.2 Å². The predicted molar refractivity (Wildman–Crippen MR) is 218 cm³/mol. The molecule has 2 aromatic carbocycles. The van der Waals surface area contributed by atoms with Gasteiger partial charge in [0.1, 0.15) is 7.85 Å². The average molecular weight is 633 g/mol. The van der Waals surface area contributed by atoms with Crippen molar-refractivity contribution in [2.75, 3.05) is 20.1 Å². The van der Waals surface area contributed by atoms with Crippen molar-refractivity contribution in [1.29, 1.82) is 0 Å². The fourth-order valence-corrected chi connectivity index (χ4v) is 4.84. The van der Waals surface area contributed by atoms with Crippen molar-refractivity contribution in [3.05, 3.63) is 94.6 Å². The molecule has 2 aromatic rings. The summed E-state index contributed by atoms with van der Waals surface area (Å²) in [6.07, 6.45) is 12.4. The van der Waals surface area contributed by atoms with Gasteiger partial charge in [-0.25, -0.2) is 0 Å². The van der Waals surface area contributed by atoms with Gasteiger partial charge in [-0.1, -0.05) is 164 Å². The van der Waals surface area contributed by atoms with E-state index in [4.69, 9.17) is 7.85 Å². The van der Waals surface area contributed by atoms with Crippen LogP contribution in [-0.2, 0) is 6.42 Å². The molecule has 1 unspecified atom stereocenters. The Bertz CT molecular complexity index is 996. The second-order valence-corrected chi connectivity index (χ2v) is 9.94. The molecule has 0 bridgehead atoms. The first-order chi connectivity index (χ1) is 22.5. The fraction of sp³-hybridized carbons (Fsp3) is 0.581. The van der Waals surface area contributed by atoms with Crippen LogP contribution in [0.3, 0.4) is 0 Å². The van der Waals surface area contributed by atoms with Crippen LogP contribution >= 0.6 is 0 Å².